The smallest absolute Gasteiger partial charge is 0.326 e. The van der Waals surface area contributed by atoms with Crippen molar-refractivity contribution >= 4 is 29.1 Å². The van der Waals surface area contributed by atoms with E-state index < -0.39 is 18.1 Å². The number of carboxylic acids is 1. The lowest BCUT2D eigenvalue weighted by Gasteiger charge is -2.26. The molecular weight excluding hydrogens is 324 g/mol. The van der Waals surface area contributed by atoms with Crippen molar-refractivity contribution in [3.8, 4) is 0 Å². The molecule has 0 saturated carbocycles. The molecule has 5 nitrogen and oxygen atoms in total. The molecule has 1 aromatic carbocycles. The number of hydrogen-bond donors (Lipinski definition) is 2. The maximum absolute atomic E-state index is 12.5. The minimum Gasteiger partial charge on any atom is -0.480 e. The number of benzene rings is 1. The second-order valence-electron chi connectivity index (χ2n) is 5.96. The molecule has 1 saturated heterocycles. The molecule has 1 heterocycles. The van der Waals surface area contributed by atoms with E-state index in [4.69, 9.17) is 12.2 Å². The molecule has 1 aromatic rings. The minimum absolute atomic E-state index is 0.206. The topological polar surface area (TPSA) is 69.6 Å². The quantitative estimate of drug-likeness (QED) is 0.741. The third kappa shape index (κ3) is 4.66. The third-order valence-corrected chi connectivity index (χ3v) is 4.46. The molecule has 0 radical (unpaired) electrons. The summed E-state index contributed by atoms with van der Waals surface area (Å²) in [5, 5.41) is 15.0. The maximum Gasteiger partial charge on any atom is 0.326 e. The van der Waals surface area contributed by atoms with Crippen LogP contribution in [0.1, 0.15) is 31.7 Å². The van der Waals surface area contributed by atoms with Gasteiger partial charge in [-0.1, -0.05) is 30.3 Å². The van der Waals surface area contributed by atoms with Gasteiger partial charge in [-0.25, -0.2) is 4.79 Å². The van der Waals surface area contributed by atoms with E-state index in [1.165, 1.54) is 10.5 Å². The Labute approximate surface area is 147 Å². The van der Waals surface area contributed by atoms with E-state index >= 15 is 0 Å². The number of hydrogen-bond acceptors (Lipinski definition) is 4. The van der Waals surface area contributed by atoms with E-state index in [1.54, 1.807) is 6.92 Å². The number of aryl methyl sites for hydroxylation is 1. The second-order valence-corrected chi connectivity index (χ2v) is 6.16. The summed E-state index contributed by atoms with van der Waals surface area (Å²) in [4.78, 5) is 25.2. The van der Waals surface area contributed by atoms with Crippen molar-refractivity contribution in [1.29, 1.82) is 0 Å². The van der Waals surface area contributed by atoms with Gasteiger partial charge in [0, 0.05) is 6.54 Å². The normalized spacial score (nSPS) is 17.9. The second kappa shape index (κ2) is 8.62. The van der Waals surface area contributed by atoms with Crippen molar-refractivity contribution in [1.82, 2.24) is 10.2 Å². The van der Waals surface area contributed by atoms with Gasteiger partial charge in [-0.15, -0.1) is 0 Å². The number of nitrogens with one attached hydrogen (secondary N) is 1. The van der Waals surface area contributed by atoms with E-state index in [1.807, 2.05) is 30.3 Å². The Morgan fingerprint density at radius 3 is 2.75 bits per heavy atom. The number of carbonyl (C=O) groups excluding carboxylic acids is 1. The number of aliphatic carboxylic acids is 1. The van der Waals surface area contributed by atoms with Gasteiger partial charge in [-0.2, -0.15) is 0 Å². The van der Waals surface area contributed by atoms with Gasteiger partial charge in [0.15, 0.2) is 0 Å². The Bertz CT molecular complexity index is 641. The Kier molecular flexibility index (Phi) is 6.53. The molecule has 0 aliphatic carbocycles. The lowest BCUT2D eigenvalue weighted by Crippen LogP contribution is -2.48. The van der Waals surface area contributed by atoms with Crippen LogP contribution in [0.4, 0.5) is 0 Å². The summed E-state index contributed by atoms with van der Waals surface area (Å²) < 4.78 is 0. The Morgan fingerprint density at radius 2 is 2.12 bits per heavy atom. The van der Waals surface area contributed by atoms with Crippen molar-refractivity contribution < 1.29 is 14.7 Å². The van der Waals surface area contributed by atoms with Crippen LogP contribution in [0, 0.1) is 0 Å². The van der Waals surface area contributed by atoms with Crippen LogP contribution in [0.5, 0.6) is 0 Å². The largest absolute Gasteiger partial charge is 0.480 e. The van der Waals surface area contributed by atoms with E-state index in [-0.39, 0.29) is 5.91 Å². The van der Waals surface area contributed by atoms with Crippen molar-refractivity contribution in [3.63, 3.8) is 0 Å². The number of carboxylic acid groups (broad SMARTS) is 1. The lowest BCUT2D eigenvalue weighted by atomic mass is 10.1. The minimum atomic E-state index is -0.942. The molecule has 2 rings (SSSR count). The number of allylic oxidation sites excluding steroid dienone is 1. The highest BCUT2D eigenvalue weighted by molar-refractivity contribution is 7.78. The summed E-state index contributed by atoms with van der Waals surface area (Å²) in [5.74, 6) is -1.15. The van der Waals surface area contributed by atoms with Crippen molar-refractivity contribution in [2.24, 2.45) is 0 Å². The van der Waals surface area contributed by atoms with Gasteiger partial charge in [0.1, 0.15) is 12.1 Å². The van der Waals surface area contributed by atoms with E-state index in [2.05, 4.69) is 10.3 Å². The molecule has 1 aliphatic heterocycles. The van der Waals surface area contributed by atoms with Crippen LogP contribution in [-0.2, 0) is 16.0 Å². The molecule has 2 atom stereocenters. The van der Waals surface area contributed by atoms with Crippen LogP contribution in [0.2, 0.25) is 0 Å². The average Bonchev–Trinajstić information content (AvgIpc) is 3.08. The van der Waals surface area contributed by atoms with Crippen LogP contribution in [0.3, 0.4) is 0 Å². The van der Waals surface area contributed by atoms with Gasteiger partial charge in [0.05, 0.1) is 5.70 Å². The lowest BCUT2D eigenvalue weighted by molar-refractivity contribution is -0.148. The first-order valence-corrected chi connectivity index (χ1v) is 8.51. The van der Waals surface area contributed by atoms with Crippen LogP contribution >= 0.6 is 12.2 Å². The van der Waals surface area contributed by atoms with Crippen molar-refractivity contribution in [2.75, 3.05) is 6.54 Å². The summed E-state index contributed by atoms with van der Waals surface area (Å²) in [5.41, 5.74) is 1.88. The Morgan fingerprint density at radius 1 is 1.42 bits per heavy atom. The molecule has 2 N–H and O–H groups in total. The van der Waals surface area contributed by atoms with Crippen LogP contribution < -0.4 is 5.32 Å². The fourth-order valence-corrected chi connectivity index (χ4v) is 3.09. The maximum atomic E-state index is 12.5. The fraction of sp³-hybridized carbons (Fsp3) is 0.444. The zero-order valence-electron chi connectivity index (χ0n) is 13.7. The SMILES string of the molecule is C[C@H](NC(=C=S)CCc1ccccc1)C(=O)N1CCC[C@H]1C(=O)O. The van der Waals surface area contributed by atoms with Gasteiger partial charge < -0.3 is 15.3 Å². The standard InChI is InChI=1S/C18H22N2O3S/c1-13(17(21)20-11-5-8-16(20)18(22)23)19-15(12-24)10-9-14-6-3-2-4-7-14/h2-4,6-7,13,16,19H,5,8-11H2,1H3,(H,22,23)/t13-,16-/m0/s1. The molecule has 0 bridgehead atoms. The average molecular weight is 346 g/mol. The zero-order valence-corrected chi connectivity index (χ0v) is 14.5. The number of rotatable bonds is 7. The number of amides is 1. The fourth-order valence-electron chi connectivity index (χ4n) is 2.93. The molecule has 6 heteroatoms. The van der Waals surface area contributed by atoms with Gasteiger partial charge in [0.2, 0.25) is 5.91 Å². The first kappa shape index (κ1) is 18.2. The summed E-state index contributed by atoms with van der Waals surface area (Å²) >= 11 is 4.92. The molecule has 1 amide bonds. The molecule has 0 aromatic heterocycles. The summed E-state index contributed by atoms with van der Waals surface area (Å²) in [6.45, 7) is 2.22. The number of carbonyl (C=O) groups is 2. The van der Waals surface area contributed by atoms with Crippen LogP contribution in [0.15, 0.2) is 36.0 Å². The Hall–Kier alpha value is -2.17. The first-order chi connectivity index (χ1) is 11.5. The zero-order chi connectivity index (χ0) is 17.5. The summed E-state index contributed by atoms with van der Waals surface area (Å²) in [6, 6.07) is 8.77. The molecular formula is C18H22N2O3S. The highest BCUT2D eigenvalue weighted by Gasteiger charge is 2.35. The van der Waals surface area contributed by atoms with Crippen molar-refractivity contribution in [2.45, 2.75) is 44.7 Å². The van der Waals surface area contributed by atoms with Gasteiger partial charge in [-0.05, 0) is 55.4 Å². The van der Waals surface area contributed by atoms with Crippen LogP contribution in [0.25, 0.3) is 0 Å². The first-order valence-electron chi connectivity index (χ1n) is 8.10. The molecule has 128 valence electrons. The monoisotopic (exact) mass is 346 g/mol. The summed E-state index contributed by atoms with van der Waals surface area (Å²) in [6.07, 6.45) is 2.69. The predicted octanol–water partition coefficient (Wildman–Crippen LogP) is 2.16. The van der Waals surface area contributed by atoms with E-state index in [9.17, 15) is 14.7 Å². The number of likely N-dealkylation sites (tertiary alicyclic amines) is 1. The molecule has 1 fully saturated rings. The van der Waals surface area contributed by atoms with E-state index in [0.717, 1.165) is 12.8 Å². The van der Waals surface area contributed by atoms with Gasteiger partial charge in [0.25, 0.3) is 0 Å². The molecule has 0 unspecified atom stereocenters. The third-order valence-electron chi connectivity index (χ3n) is 4.21. The number of thiocarbonyl (C=S) groups is 1. The van der Waals surface area contributed by atoms with Crippen molar-refractivity contribution in [3.05, 3.63) is 41.6 Å². The molecule has 0 spiro atoms. The summed E-state index contributed by atoms with van der Waals surface area (Å²) in [7, 11) is 0. The number of nitrogens with zero attached hydrogens (tertiary/aromatic N) is 1. The predicted molar refractivity (Wildman–Crippen MR) is 95.8 cm³/mol. The highest BCUT2D eigenvalue weighted by Crippen LogP contribution is 2.18. The van der Waals surface area contributed by atoms with Gasteiger partial charge >= 0.3 is 5.97 Å². The van der Waals surface area contributed by atoms with Crippen LogP contribution in [-0.4, -0.2) is 45.5 Å². The molecule has 24 heavy (non-hydrogen) atoms. The highest BCUT2D eigenvalue weighted by atomic mass is 32.1. The molecule has 1 aliphatic rings. The van der Waals surface area contributed by atoms with Gasteiger partial charge in [-0.3, -0.25) is 4.79 Å². The van der Waals surface area contributed by atoms with E-state index in [0.29, 0.717) is 25.1 Å². The Balaban J connectivity index is 1.91.